The fourth-order valence-corrected chi connectivity index (χ4v) is 4.07. The molecular weight excluding hydrogens is 392 g/mol. The third kappa shape index (κ3) is 6.69. The lowest BCUT2D eigenvalue weighted by molar-refractivity contribution is -0.116. The van der Waals surface area contributed by atoms with Crippen LogP contribution < -0.4 is 10.0 Å². The number of carbonyl (C=O) groups excluding carboxylic acids is 2. The molecule has 2 rings (SSSR count). The van der Waals surface area contributed by atoms with Crippen LogP contribution in [0, 0.1) is 0 Å². The number of nitrogens with one attached hydrogen (secondary N) is 2. The van der Waals surface area contributed by atoms with E-state index in [1.54, 1.807) is 57.2 Å². The highest BCUT2D eigenvalue weighted by molar-refractivity contribution is 7.89. The lowest BCUT2D eigenvalue weighted by Gasteiger charge is -2.20. The van der Waals surface area contributed by atoms with Gasteiger partial charge < -0.3 is 10.1 Å². The van der Waals surface area contributed by atoms with Gasteiger partial charge in [-0.25, -0.2) is 17.9 Å². The van der Waals surface area contributed by atoms with Crippen molar-refractivity contribution in [3.8, 4) is 0 Å². The molecule has 1 amide bonds. The lowest BCUT2D eigenvalue weighted by Crippen LogP contribution is -2.40. The normalized spacial score (nSPS) is 11.7. The van der Waals surface area contributed by atoms with E-state index in [9.17, 15) is 18.0 Å². The number of hydrogen-bond acceptors (Lipinski definition) is 5. The molecule has 0 aromatic heterocycles. The molecule has 29 heavy (non-hydrogen) atoms. The largest absolute Gasteiger partial charge is 0.465 e. The summed E-state index contributed by atoms with van der Waals surface area (Å²) in [4.78, 5) is 24.2. The highest BCUT2D eigenvalue weighted by Crippen LogP contribution is 2.18. The molecule has 0 aliphatic carbocycles. The van der Waals surface area contributed by atoms with Gasteiger partial charge in [-0.3, -0.25) is 4.79 Å². The van der Waals surface area contributed by atoms with Crippen LogP contribution in [0.2, 0.25) is 0 Å². The molecule has 2 aromatic rings. The third-order valence-corrected chi connectivity index (χ3v) is 5.70. The average Bonchev–Trinajstić information content (AvgIpc) is 2.64. The van der Waals surface area contributed by atoms with Gasteiger partial charge in [0.25, 0.3) is 0 Å². The van der Waals surface area contributed by atoms with Crippen LogP contribution in [-0.4, -0.2) is 32.9 Å². The fourth-order valence-electron chi connectivity index (χ4n) is 2.65. The molecule has 156 valence electrons. The minimum Gasteiger partial charge on any atom is -0.465 e. The minimum absolute atomic E-state index is 0.174. The summed E-state index contributed by atoms with van der Waals surface area (Å²) in [5.41, 5.74) is 0.926. The number of ether oxygens (including phenoxy) is 1. The van der Waals surface area contributed by atoms with Crippen LogP contribution in [0.1, 0.15) is 43.1 Å². The molecule has 0 fully saturated rings. The van der Waals surface area contributed by atoms with Gasteiger partial charge in [0, 0.05) is 12.0 Å². The summed E-state index contributed by atoms with van der Waals surface area (Å²) >= 11 is 0. The molecule has 2 aromatic carbocycles. The standard InChI is InChI=1S/C21H26N2O5S/c1-21(2,3)23-29(26,27)16-12-9-15(10-13-16)11-14-19(24)22-18-8-6-5-7-17(18)20(25)28-4/h5-10,12-13,23H,11,14H2,1-4H3,(H,22,24). The molecular formula is C21H26N2O5S. The van der Waals surface area contributed by atoms with Crippen LogP contribution in [0.4, 0.5) is 5.69 Å². The Kier molecular flexibility index (Phi) is 7.16. The number of methoxy groups -OCH3 is 1. The third-order valence-electron chi connectivity index (χ3n) is 3.92. The van der Waals surface area contributed by atoms with Gasteiger partial charge in [0.15, 0.2) is 0 Å². The maximum absolute atomic E-state index is 12.3. The van der Waals surface area contributed by atoms with Crippen molar-refractivity contribution in [1.82, 2.24) is 4.72 Å². The first kappa shape index (κ1) is 22.6. The molecule has 0 unspecified atom stereocenters. The molecule has 0 saturated heterocycles. The summed E-state index contributed by atoms with van der Waals surface area (Å²) in [7, 11) is -2.32. The Labute approximate surface area is 171 Å². The van der Waals surface area contributed by atoms with Crippen LogP contribution in [-0.2, 0) is 26.0 Å². The molecule has 0 radical (unpaired) electrons. The monoisotopic (exact) mass is 418 g/mol. The molecule has 8 heteroatoms. The van der Waals surface area contributed by atoms with E-state index in [4.69, 9.17) is 4.74 Å². The van der Waals surface area contributed by atoms with Crippen LogP contribution >= 0.6 is 0 Å². The van der Waals surface area contributed by atoms with E-state index in [0.717, 1.165) is 5.56 Å². The number of rotatable bonds is 7. The van der Waals surface area contributed by atoms with E-state index >= 15 is 0 Å². The van der Waals surface area contributed by atoms with Gasteiger partial charge in [0.1, 0.15) is 0 Å². The number of esters is 1. The van der Waals surface area contributed by atoms with Crippen molar-refractivity contribution in [1.29, 1.82) is 0 Å². The Morgan fingerprint density at radius 2 is 1.62 bits per heavy atom. The maximum atomic E-state index is 12.3. The van der Waals surface area contributed by atoms with E-state index in [-0.39, 0.29) is 22.8 Å². The highest BCUT2D eigenvalue weighted by atomic mass is 32.2. The molecule has 2 N–H and O–H groups in total. The molecule has 0 bridgehead atoms. The Hall–Kier alpha value is -2.71. The molecule has 7 nitrogen and oxygen atoms in total. The van der Waals surface area contributed by atoms with Crippen molar-refractivity contribution >= 4 is 27.6 Å². The number of amides is 1. The Morgan fingerprint density at radius 3 is 2.21 bits per heavy atom. The van der Waals surface area contributed by atoms with Crippen molar-refractivity contribution in [3.63, 3.8) is 0 Å². The first-order valence-corrected chi connectivity index (χ1v) is 10.6. The summed E-state index contributed by atoms with van der Waals surface area (Å²) < 4.78 is 32.0. The first-order chi connectivity index (χ1) is 13.5. The van der Waals surface area contributed by atoms with Crippen molar-refractivity contribution in [2.45, 2.75) is 44.0 Å². The Bertz CT molecular complexity index is 977. The Morgan fingerprint density at radius 1 is 1.00 bits per heavy atom. The predicted octanol–water partition coefficient (Wildman–Crippen LogP) is 3.12. The van der Waals surface area contributed by atoms with Gasteiger partial charge in [-0.1, -0.05) is 24.3 Å². The molecule has 0 aliphatic heterocycles. The van der Waals surface area contributed by atoms with Crippen LogP contribution in [0.25, 0.3) is 0 Å². The van der Waals surface area contributed by atoms with E-state index < -0.39 is 21.5 Å². The topological polar surface area (TPSA) is 102 Å². The molecule has 0 spiro atoms. The summed E-state index contributed by atoms with van der Waals surface area (Å²) in [5.74, 6) is -0.783. The summed E-state index contributed by atoms with van der Waals surface area (Å²) in [6, 6.07) is 13.0. The van der Waals surface area contributed by atoms with Gasteiger partial charge in [0.05, 0.1) is 23.3 Å². The van der Waals surface area contributed by atoms with Crippen molar-refractivity contribution in [2.24, 2.45) is 0 Å². The van der Waals surface area contributed by atoms with E-state index in [2.05, 4.69) is 10.0 Å². The van der Waals surface area contributed by atoms with Crippen LogP contribution in [0.3, 0.4) is 0 Å². The summed E-state index contributed by atoms with van der Waals surface area (Å²) in [5, 5.41) is 2.71. The smallest absolute Gasteiger partial charge is 0.339 e. The van der Waals surface area contributed by atoms with Crippen molar-refractivity contribution in [3.05, 3.63) is 59.7 Å². The van der Waals surface area contributed by atoms with Crippen molar-refractivity contribution < 1.29 is 22.7 Å². The zero-order valence-corrected chi connectivity index (χ0v) is 17.8. The van der Waals surface area contributed by atoms with E-state index in [1.165, 1.54) is 19.2 Å². The SMILES string of the molecule is COC(=O)c1ccccc1NC(=O)CCc1ccc(S(=O)(=O)NC(C)(C)C)cc1. The average molecular weight is 419 g/mol. The number of benzene rings is 2. The first-order valence-electron chi connectivity index (χ1n) is 9.12. The van der Waals surface area contributed by atoms with Gasteiger partial charge in [-0.2, -0.15) is 0 Å². The quantitative estimate of drug-likeness (QED) is 0.673. The van der Waals surface area contributed by atoms with Gasteiger partial charge in [-0.15, -0.1) is 0 Å². The Balaban J connectivity index is 1.99. The molecule has 0 aliphatic rings. The minimum atomic E-state index is -3.60. The van der Waals surface area contributed by atoms with Crippen molar-refractivity contribution in [2.75, 3.05) is 12.4 Å². The van der Waals surface area contributed by atoms with Gasteiger partial charge >= 0.3 is 5.97 Å². The zero-order valence-electron chi connectivity index (χ0n) is 17.0. The number of sulfonamides is 1. The predicted molar refractivity (Wildman–Crippen MR) is 111 cm³/mol. The molecule has 0 heterocycles. The lowest BCUT2D eigenvalue weighted by atomic mass is 10.1. The number of para-hydroxylation sites is 1. The zero-order chi connectivity index (χ0) is 21.7. The highest BCUT2D eigenvalue weighted by Gasteiger charge is 2.21. The number of anilines is 1. The summed E-state index contributed by atoms with van der Waals surface area (Å²) in [6.45, 7) is 5.32. The van der Waals surface area contributed by atoms with Gasteiger partial charge in [-0.05, 0) is 57.0 Å². The second-order valence-corrected chi connectivity index (χ2v) is 9.27. The van der Waals surface area contributed by atoms with E-state index in [1.807, 2.05) is 0 Å². The van der Waals surface area contributed by atoms with Crippen LogP contribution in [0.5, 0.6) is 0 Å². The van der Waals surface area contributed by atoms with E-state index in [0.29, 0.717) is 12.1 Å². The summed E-state index contributed by atoms with van der Waals surface area (Å²) in [6.07, 6.45) is 0.612. The van der Waals surface area contributed by atoms with Gasteiger partial charge in [0.2, 0.25) is 15.9 Å². The second-order valence-electron chi connectivity index (χ2n) is 7.58. The fraction of sp³-hybridized carbons (Fsp3) is 0.333. The van der Waals surface area contributed by atoms with Crippen LogP contribution in [0.15, 0.2) is 53.4 Å². The molecule has 0 saturated carbocycles. The number of aryl methyl sites for hydroxylation is 1. The second kappa shape index (κ2) is 9.19. The number of hydrogen-bond donors (Lipinski definition) is 2. The maximum Gasteiger partial charge on any atom is 0.339 e. The molecule has 0 atom stereocenters. The number of carbonyl (C=O) groups is 2.